The van der Waals surface area contributed by atoms with Crippen molar-refractivity contribution in [2.24, 2.45) is 58.0 Å². The molecule has 0 aliphatic heterocycles. The van der Waals surface area contributed by atoms with Crippen LogP contribution in [0.3, 0.4) is 0 Å². The maximum Gasteiger partial charge on any atom is 0.244 e. The normalized spacial score (nSPS) is 13.4. The van der Waals surface area contributed by atoms with Crippen molar-refractivity contribution in [2.45, 2.75) is 213 Å². The Hall–Kier alpha value is -12.2. The first-order valence-electron chi connectivity index (χ1n) is 41.7. The number of nitrogens with one attached hydrogen (secondary N) is 11. The monoisotopic (exact) mass is 1760 g/mol. The number of amides is 14. The number of nitrogens with zero attached hydrogens (tertiary/aromatic N) is 1. The van der Waals surface area contributed by atoms with Gasteiger partial charge in [-0.3, -0.25) is 82.7 Å². The summed E-state index contributed by atoms with van der Waals surface area (Å²) in [6, 6.07) is 37.2. The van der Waals surface area contributed by atoms with Crippen LogP contribution in [-0.2, 0) is 92.8 Å². The molecule has 0 heterocycles. The summed E-state index contributed by atoms with van der Waals surface area (Å²) in [5.41, 5.74) is 26.0. The number of unbranched alkanes of at least 4 members (excludes halogenated alkanes) is 2. The first kappa shape index (κ1) is 107. The van der Waals surface area contributed by atoms with Crippen LogP contribution in [0.25, 0.3) is 21.5 Å². The van der Waals surface area contributed by atoms with E-state index < -0.39 is 125 Å². The van der Waals surface area contributed by atoms with Crippen molar-refractivity contribution in [3.05, 3.63) is 161 Å². The summed E-state index contributed by atoms with van der Waals surface area (Å²) in [7, 11) is 2.96. The van der Waals surface area contributed by atoms with Crippen molar-refractivity contribution >= 4 is 116 Å². The molecular formula is C89H127N15O20S. The molecule has 35 nitrogen and oxygen atoms in total. The number of methoxy groups -OCH3 is 2. The minimum Gasteiger partial charge on any atom is -0.493 e. The van der Waals surface area contributed by atoms with Crippen LogP contribution < -0.4 is 85.8 Å². The quantitative estimate of drug-likeness (QED) is 0.0107. The molecular weight excluding hydrogens is 1630 g/mol. The van der Waals surface area contributed by atoms with Crippen molar-refractivity contribution in [1.82, 2.24) is 59.1 Å². The number of carbonyl (C=O) groups is 14. The lowest BCUT2D eigenvalue weighted by Crippen LogP contribution is -2.54. The summed E-state index contributed by atoms with van der Waals surface area (Å²) >= 11 is 1.39. The van der Waals surface area contributed by atoms with Crippen LogP contribution in [0.1, 0.15) is 169 Å². The third kappa shape index (κ3) is 40.8. The zero-order chi connectivity index (χ0) is 93.3. The molecule has 14 amide bonds. The van der Waals surface area contributed by atoms with Gasteiger partial charge >= 0.3 is 0 Å². The average molecular weight is 1760 g/mol. The number of likely N-dealkylation sites (N-methyl/N-ethyl adjacent to an activating group) is 1. The van der Waals surface area contributed by atoms with E-state index in [9.17, 15) is 72.0 Å². The molecule has 6 aromatic rings. The topological polar surface area (TPSA) is 558 Å². The van der Waals surface area contributed by atoms with Gasteiger partial charge in [-0.1, -0.05) is 189 Å². The van der Waals surface area contributed by atoms with E-state index in [2.05, 4.69) is 42.5 Å². The summed E-state index contributed by atoms with van der Waals surface area (Å²) in [6.45, 7) is 18.6. The van der Waals surface area contributed by atoms with Crippen molar-refractivity contribution in [3.8, 4) is 11.5 Å². The van der Waals surface area contributed by atoms with Crippen LogP contribution >= 0.6 is 11.8 Å². The van der Waals surface area contributed by atoms with Gasteiger partial charge in [0.1, 0.15) is 30.2 Å². The van der Waals surface area contributed by atoms with Crippen LogP contribution in [0.5, 0.6) is 11.5 Å². The van der Waals surface area contributed by atoms with Crippen molar-refractivity contribution in [1.29, 1.82) is 0 Å². The number of benzene rings is 6. The molecule has 6 aromatic carbocycles. The molecule has 6 rings (SSSR count). The lowest BCUT2D eigenvalue weighted by atomic mass is 9.92. The highest BCUT2D eigenvalue weighted by atomic mass is 32.2. The number of primary amides is 3. The van der Waals surface area contributed by atoms with Crippen molar-refractivity contribution in [3.63, 3.8) is 0 Å². The zero-order valence-electron chi connectivity index (χ0n) is 73.3. The standard InChI is InChI=1S/C26H36N4O5.C22H33N5O7.C21H27N3O4.C20H31N3O4S/c1-5-27-24(32)17(4)28-26(34)22(14-18-10-11-19-8-6-7-9-20(19)13-18)29-25(33)21(12-16(2)3)15-23(31)30-35;1-5-6-7-15(12-19(28)26-27-32)21(30)25-16(22(31)24-13(2)20(23)29)10-14-8-9-17(33-3)18(11-14)34-4;1-13(2)9-17(12-19(25)24-28)21(27)23-18(20(22)26)11-14-7-8-15-5-3-4-6-16(15)10-14;1-3-4-10-16(12-18(24)23-27)20(26)22-17(13-28-14(2)19(21)25)11-15-8-6-5-7-9-15/h6-11,13,16-17,21-22,35H,5,12,14-15H2,1-4H3,(H,27,32)(H,28,34)(H,29,33)(H,30,31);8-9,11,13,15-16H,5-7,10,12H2,1-4H3,(H2,23,29)(H,24,31)(H,25,30)(H,26,28,32);3-8,10,13,17-18,28H,9,11-12H2,1-2H3,(H2,22,26)(H,23,27)(H,24,25);5-9,14,16-17,27H,3-4,10-13H2,1-2H3,(H2,21,25)(H,22,26)(H,23,24)/t17-,21?,22-;;17?,18-;/m0.0./s1. The third-order valence-corrected chi connectivity index (χ3v) is 21.2. The molecule has 0 saturated heterocycles. The number of hydroxylamine groups is 3. The number of nitrogens with two attached hydrogens (primary N) is 3. The molecule has 11 atom stereocenters. The number of hydrogen-bond acceptors (Lipinski definition) is 22. The first-order valence-corrected chi connectivity index (χ1v) is 42.7. The number of rotatable bonds is 49. The molecule has 684 valence electrons. The molecule has 125 heavy (non-hydrogen) atoms. The van der Waals surface area contributed by atoms with Gasteiger partial charge in [-0.15, -0.1) is 16.7 Å². The van der Waals surface area contributed by atoms with Crippen molar-refractivity contribution in [2.75, 3.05) is 26.5 Å². The molecule has 0 spiro atoms. The van der Waals surface area contributed by atoms with Gasteiger partial charge in [0.25, 0.3) is 0 Å². The number of carbonyl (C=O) groups excluding carboxylic acids is 14. The summed E-state index contributed by atoms with van der Waals surface area (Å²) in [6.07, 6.45) is 5.37. The number of ether oxygens (including phenoxy) is 2. The van der Waals surface area contributed by atoms with E-state index in [1.54, 1.807) is 60.8 Å². The van der Waals surface area contributed by atoms with E-state index in [4.69, 9.17) is 42.3 Å². The Bertz CT molecular complexity index is 4500. The maximum atomic E-state index is 13.2. The van der Waals surface area contributed by atoms with E-state index in [1.165, 1.54) is 32.9 Å². The highest BCUT2D eigenvalue weighted by molar-refractivity contribution is 8.00. The van der Waals surface area contributed by atoms with Gasteiger partial charge in [-0.25, -0.2) is 21.9 Å². The fourth-order valence-electron chi connectivity index (χ4n) is 13.1. The van der Waals surface area contributed by atoms with Gasteiger partial charge in [0.2, 0.25) is 82.7 Å². The Morgan fingerprint density at radius 1 is 0.400 bits per heavy atom. The largest absolute Gasteiger partial charge is 0.493 e. The molecule has 0 fully saturated rings. The smallest absolute Gasteiger partial charge is 0.244 e. The second-order valence-electron chi connectivity index (χ2n) is 31.2. The van der Waals surface area contributed by atoms with Gasteiger partial charge < -0.3 is 63.9 Å². The summed E-state index contributed by atoms with van der Waals surface area (Å²) < 4.78 is 10.5. The first-order chi connectivity index (χ1) is 59.5. The Morgan fingerprint density at radius 2 is 0.800 bits per heavy atom. The van der Waals surface area contributed by atoms with E-state index >= 15 is 0 Å². The summed E-state index contributed by atoms with van der Waals surface area (Å²) in [4.78, 5) is 181. The van der Waals surface area contributed by atoms with Crippen LogP contribution in [0.2, 0.25) is 0 Å². The second kappa shape index (κ2) is 58.1. The lowest BCUT2D eigenvalue weighted by Gasteiger charge is -2.24. The molecule has 0 radical (unpaired) electrons. The van der Waals surface area contributed by atoms with Gasteiger partial charge in [0, 0.05) is 87.0 Å². The molecule has 0 aliphatic carbocycles. The molecule has 20 N–H and O–H groups in total. The Kier molecular flexibility index (Phi) is 49.7. The predicted octanol–water partition coefficient (Wildman–Crippen LogP) is 6.71. The van der Waals surface area contributed by atoms with Crippen LogP contribution in [0.4, 0.5) is 0 Å². The van der Waals surface area contributed by atoms with E-state index in [0.717, 1.165) is 57.5 Å². The SMILES string of the molecule is CC(C)CC(CC(=O)NO)C(=O)N[C@@H](Cc1ccc2ccccc2c1)C(N)=O.CCCCC(CC(=O)NN=O)C(=O)NC(Cc1ccc(OC)c(OC)c1)C(=O)NC(C)C(N)=O.CCCCC(CC(=O)NO)C(=O)NC(CSC(C)C(N)=O)Cc1ccccc1.CCNC(=O)[C@H](C)NC(=O)[C@H](Cc1ccc2ccccc2c1)NC(=O)C(CC(=O)NO)CC(C)C. The number of hydrogen-bond donors (Lipinski definition) is 17. The van der Waals surface area contributed by atoms with E-state index in [0.29, 0.717) is 67.9 Å². The van der Waals surface area contributed by atoms with E-state index in [1.807, 2.05) is 157 Å². The van der Waals surface area contributed by atoms with Crippen molar-refractivity contribution < 1.29 is 92.2 Å². The fourth-order valence-corrected chi connectivity index (χ4v) is 14.0. The highest BCUT2D eigenvalue weighted by Gasteiger charge is 2.34. The lowest BCUT2D eigenvalue weighted by molar-refractivity contribution is -0.137. The Labute approximate surface area is 733 Å². The van der Waals surface area contributed by atoms with Gasteiger partial charge in [-0.05, 0) is 128 Å². The minimum absolute atomic E-state index is 0.0615. The molecule has 8 unspecified atom stereocenters. The van der Waals surface area contributed by atoms with Gasteiger partial charge in [0.15, 0.2) is 11.5 Å². The van der Waals surface area contributed by atoms with Crippen LogP contribution in [0, 0.1) is 40.4 Å². The summed E-state index contributed by atoms with van der Waals surface area (Å²) in [5, 5.41) is 51.6. The highest BCUT2D eigenvalue weighted by Crippen LogP contribution is 2.29. The molecule has 0 bridgehead atoms. The molecule has 0 aromatic heterocycles. The fraction of sp³-hybridized carbons (Fsp3) is 0.483. The average Bonchev–Trinajstić information content (AvgIpc) is 0.838. The third-order valence-electron chi connectivity index (χ3n) is 19.9. The van der Waals surface area contributed by atoms with Crippen LogP contribution in [0.15, 0.2) is 139 Å². The molecule has 0 saturated carbocycles. The molecule has 0 aliphatic rings. The zero-order valence-corrected chi connectivity index (χ0v) is 74.1. The Morgan fingerprint density at radius 3 is 1.22 bits per heavy atom. The molecule has 36 heteroatoms. The number of thioether (sulfide) groups is 1. The predicted molar refractivity (Wildman–Crippen MR) is 474 cm³/mol. The number of nitroso groups, excluding NO2 is 1. The van der Waals surface area contributed by atoms with E-state index in [-0.39, 0.29) is 79.9 Å². The maximum absolute atomic E-state index is 13.2. The Balaban J connectivity index is 0.000000432. The minimum atomic E-state index is -1.08. The van der Waals surface area contributed by atoms with Crippen LogP contribution in [-0.4, -0.2) is 166 Å². The number of fused-ring (bicyclic) bond motifs is 2. The van der Waals surface area contributed by atoms with Gasteiger partial charge in [0.05, 0.1) is 24.8 Å². The van der Waals surface area contributed by atoms with Gasteiger partial charge in [-0.2, -0.15) is 0 Å². The second-order valence-corrected chi connectivity index (χ2v) is 32.5. The summed E-state index contributed by atoms with van der Waals surface area (Å²) in [5.74, 6) is -8.41.